The Morgan fingerprint density at radius 3 is 1.08 bits per heavy atom. The Kier molecular flexibility index (Phi) is 6.19. The molecule has 0 aromatic heterocycles. The van der Waals surface area contributed by atoms with Crippen molar-refractivity contribution in [1.29, 1.82) is 0 Å². The van der Waals surface area contributed by atoms with E-state index in [1.807, 2.05) is 55.4 Å². The average Bonchev–Trinajstić information content (AvgIpc) is 2.45. The second-order valence-corrected chi connectivity index (χ2v) is 10.6. The minimum Gasteiger partial charge on any atom is -0.376 e. The van der Waals surface area contributed by atoms with Crippen LogP contribution in [0, 0.1) is 0 Å². The molecular formula is C20H38N2O4. The van der Waals surface area contributed by atoms with Gasteiger partial charge in [-0.05, 0) is 81.1 Å². The van der Waals surface area contributed by atoms with Gasteiger partial charge in [-0.1, -0.05) is 0 Å². The van der Waals surface area contributed by atoms with E-state index in [1.54, 1.807) is 0 Å². The Morgan fingerprint density at radius 1 is 0.615 bits per heavy atom. The Bertz CT molecular complexity index is 410. The molecule has 6 heteroatoms. The molecule has 2 fully saturated rings. The molecule has 0 bridgehead atoms. The minimum absolute atomic E-state index is 0.0742. The Hall–Kier alpha value is -0.240. The number of hydrogen-bond donors (Lipinski definition) is 0. The first-order valence-corrected chi connectivity index (χ1v) is 9.86. The summed E-state index contributed by atoms with van der Waals surface area (Å²) in [6.45, 7) is 16.9. The minimum atomic E-state index is -0.414. The van der Waals surface area contributed by atoms with E-state index in [-0.39, 0.29) is 12.2 Å². The van der Waals surface area contributed by atoms with Gasteiger partial charge < -0.3 is 9.47 Å². The highest BCUT2D eigenvalue weighted by molar-refractivity contribution is 4.97. The molecule has 0 atom stereocenters. The third kappa shape index (κ3) is 4.78. The van der Waals surface area contributed by atoms with E-state index >= 15 is 0 Å². The van der Waals surface area contributed by atoms with Gasteiger partial charge in [0.2, 0.25) is 0 Å². The van der Waals surface area contributed by atoms with E-state index in [4.69, 9.17) is 9.47 Å². The molecule has 152 valence electrons. The fraction of sp³-hybridized carbons (Fsp3) is 1.00. The lowest BCUT2D eigenvalue weighted by Crippen LogP contribution is -2.60. The molecule has 0 aromatic carbocycles. The Labute approximate surface area is 159 Å². The normalized spacial score (nSPS) is 29.8. The van der Waals surface area contributed by atoms with Crippen LogP contribution in [0.3, 0.4) is 0 Å². The lowest BCUT2D eigenvalue weighted by molar-refractivity contribution is -0.304. The monoisotopic (exact) mass is 370 g/mol. The van der Waals surface area contributed by atoms with Gasteiger partial charge in [0.25, 0.3) is 0 Å². The topological polar surface area (TPSA) is 64.7 Å². The van der Waals surface area contributed by atoms with Crippen LogP contribution in [0.25, 0.3) is 0 Å². The van der Waals surface area contributed by atoms with E-state index in [1.165, 1.54) is 10.1 Å². The zero-order valence-corrected chi connectivity index (χ0v) is 17.9. The summed E-state index contributed by atoms with van der Waals surface area (Å²) in [7, 11) is 0. The van der Waals surface area contributed by atoms with E-state index in [9.17, 15) is 10.4 Å². The van der Waals surface area contributed by atoms with Gasteiger partial charge in [-0.25, -0.2) is 0 Å². The Balaban J connectivity index is 1.80. The molecule has 0 aliphatic carbocycles. The third-order valence-corrected chi connectivity index (χ3v) is 5.90. The van der Waals surface area contributed by atoms with Gasteiger partial charge in [-0.2, -0.15) is 0 Å². The number of rotatable bonds is 5. The lowest BCUT2D eigenvalue weighted by Gasteiger charge is -2.50. The first-order chi connectivity index (χ1) is 11.7. The van der Waals surface area contributed by atoms with Crippen LogP contribution in [0.5, 0.6) is 0 Å². The van der Waals surface area contributed by atoms with Gasteiger partial charge in [-0.15, -0.1) is 20.5 Å². The molecule has 0 unspecified atom stereocenters. The molecule has 0 N–H and O–H groups in total. The van der Waals surface area contributed by atoms with Gasteiger partial charge in [0.1, 0.15) is 0 Å². The number of ether oxygens (including phenoxy) is 2. The van der Waals surface area contributed by atoms with Crippen molar-refractivity contribution in [2.24, 2.45) is 0 Å². The van der Waals surface area contributed by atoms with E-state index in [0.29, 0.717) is 13.2 Å². The molecule has 0 saturated carbocycles. The van der Waals surface area contributed by atoms with Crippen LogP contribution in [0.2, 0.25) is 0 Å². The summed E-state index contributed by atoms with van der Waals surface area (Å²) in [6.07, 6.45) is 3.07. The fourth-order valence-corrected chi connectivity index (χ4v) is 5.01. The fourth-order valence-electron chi connectivity index (χ4n) is 5.01. The molecule has 2 heterocycles. The molecular weight excluding hydrogens is 332 g/mol. The van der Waals surface area contributed by atoms with E-state index in [2.05, 4.69) is 0 Å². The van der Waals surface area contributed by atoms with E-state index < -0.39 is 22.2 Å². The molecule has 0 amide bonds. The standard InChI is InChI=1S/C20H38N2O4/c1-17(2)11-15(12-18(3,4)21(17)23)25-9-10-26-16-13-19(5,6)22(24)20(7,8)14-16/h15-16H,9-14H2,1-8H3. The summed E-state index contributed by atoms with van der Waals surface area (Å²) in [5.74, 6) is 0. The van der Waals surface area contributed by atoms with Crippen molar-refractivity contribution < 1.29 is 19.9 Å². The first-order valence-electron chi connectivity index (χ1n) is 9.86. The van der Waals surface area contributed by atoms with Crippen LogP contribution in [0.15, 0.2) is 0 Å². The van der Waals surface area contributed by atoms with Crippen LogP contribution < -0.4 is 0 Å². The van der Waals surface area contributed by atoms with Crippen molar-refractivity contribution in [2.45, 2.75) is 115 Å². The Morgan fingerprint density at radius 2 is 0.846 bits per heavy atom. The summed E-state index contributed by atoms with van der Waals surface area (Å²) in [5, 5.41) is 27.3. The highest BCUT2D eigenvalue weighted by atomic mass is 16.5. The van der Waals surface area contributed by atoms with Crippen LogP contribution >= 0.6 is 0 Å². The van der Waals surface area contributed by atoms with Crippen LogP contribution in [0.1, 0.15) is 81.1 Å². The molecule has 0 spiro atoms. The number of hydrogen-bond acceptors (Lipinski definition) is 4. The summed E-state index contributed by atoms with van der Waals surface area (Å²) in [6, 6.07) is 0. The maximum Gasteiger partial charge on any atom is 0.0704 e. The summed E-state index contributed by atoms with van der Waals surface area (Å²) in [5.41, 5.74) is -1.66. The average molecular weight is 371 g/mol. The summed E-state index contributed by atoms with van der Waals surface area (Å²) >= 11 is 0. The molecule has 2 aliphatic heterocycles. The number of hydroxylamine groups is 4. The van der Waals surface area contributed by atoms with Crippen molar-refractivity contribution in [3.63, 3.8) is 0 Å². The maximum absolute atomic E-state index is 12.4. The largest absolute Gasteiger partial charge is 0.376 e. The molecule has 6 nitrogen and oxygen atoms in total. The lowest BCUT2D eigenvalue weighted by atomic mass is 9.80. The highest BCUT2D eigenvalue weighted by Gasteiger charge is 2.47. The van der Waals surface area contributed by atoms with Crippen LogP contribution in [-0.4, -0.2) is 57.7 Å². The summed E-state index contributed by atoms with van der Waals surface area (Å²) < 4.78 is 12.1. The summed E-state index contributed by atoms with van der Waals surface area (Å²) in [4.78, 5) is 0. The molecule has 2 saturated heterocycles. The van der Waals surface area contributed by atoms with Crippen LogP contribution in [-0.2, 0) is 19.9 Å². The van der Waals surface area contributed by atoms with E-state index in [0.717, 1.165) is 25.7 Å². The molecule has 2 radical (unpaired) electrons. The molecule has 2 aliphatic rings. The van der Waals surface area contributed by atoms with Gasteiger partial charge in [0, 0.05) is 22.2 Å². The van der Waals surface area contributed by atoms with Crippen LogP contribution in [0.4, 0.5) is 0 Å². The molecule has 2 rings (SSSR count). The second-order valence-electron chi connectivity index (χ2n) is 10.6. The smallest absolute Gasteiger partial charge is 0.0704 e. The maximum atomic E-state index is 12.4. The van der Waals surface area contributed by atoms with Crippen molar-refractivity contribution in [3.05, 3.63) is 0 Å². The zero-order valence-electron chi connectivity index (χ0n) is 17.9. The first kappa shape index (κ1) is 22.1. The predicted octanol–water partition coefficient (Wildman–Crippen LogP) is 3.75. The zero-order chi connectivity index (χ0) is 20.0. The van der Waals surface area contributed by atoms with Gasteiger partial charge in [0.05, 0.1) is 25.4 Å². The predicted molar refractivity (Wildman–Crippen MR) is 99.3 cm³/mol. The third-order valence-electron chi connectivity index (χ3n) is 5.90. The van der Waals surface area contributed by atoms with Gasteiger partial charge >= 0.3 is 0 Å². The second kappa shape index (κ2) is 7.30. The van der Waals surface area contributed by atoms with Crippen molar-refractivity contribution >= 4 is 0 Å². The SMILES string of the molecule is CC1(C)CC(OCCOC2CC(C)(C)N([O])C(C)(C)C2)CC(C)(C)N1[O]. The number of piperidine rings is 2. The van der Waals surface area contributed by atoms with Crippen molar-refractivity contribution in [1.82, 2.24) is 10.1 Å². The van der Waals surface area contributed by atoms with Gasteiger partial charge in [-0.3, -0.25) is 0 Å². The molecule has 26 heavy (non-hydrogen) atoms. The highest BCUT2D eigenvalue weighted by Crippen LogP contribution is 2.39. The quantitative estimate of drug-likeness (QED) is 0.691. The number of nitrogens with zero attached hydrogens (tertiary/aromatic N) is 2. The van der Waals surface area contributed by atoms with Gasteiger partial charge in [0.15, 0.2) is 0 Å². The van der Waals surface area contributed by atoms with Crippen molar-refractivity contribution in [3.8, 4) is 0 Å². The van der Waals surface area contributed by atoms with Crippen molar-refractivity contribution in [2.75, 3.05) is 13.2 Å². The molecule has 0 aromatic rings.